The van der Waals surface area contributed by atoms with Crippen molar-refractivity contribution < 1.29 is 4.79 Å². The normalized spacial score (nSPS) is 10.5. The molecule has 0 unspecified atom stereocenters. The molecule has 1 aromatic heterocycles. The summed E-state index contributed by atoms with van der Waals surface area (Å²) in [5.41, 5.74) is 5.53. The minimum Gasteiger partial charge on any atom is -0.332 e. The summed E-state index contributed by atoms with van der Waals surface area (Å²) in [5, 5.41) is 9.12. The zero-order chi connectivity index (χ0) is 19.3. The highest BCUT2D eigenvalue weighted by Gasteiger charge is 2.08. The Morgan fingerprint density at radius 2 is 1.68 bits per heavy atom. The molecule has 4 nitrogen and oxygen atoms in total. The topological polar surface area (TPSA) is 54.0 Å². The van der Waals surface area contributed by atoms with Gasteiger partial charge in [-0.2, -0.15) is 0 Å². The second-order valence-corrected chi connectivity index (χ2v) is 7.29. The molecule has 0 aliphatic carbocycles. The lowest BCUT2D eigenvalue weighted by Crippen LogP contribution is -2.11. The number of aryl methyl sites for hydroxylation is 1. The molecule has 28 heavy (non-hydrogen) atoms. The van der Waals surface area contributed by atoms with Crippen LogP contribution < -0.4 is 10.6 Å². The van der Waals surface area contributed by atoms with E-state index in [4.69, 9.17) is 0 Å². The fourth-order valence-corrected chi connectivity index (χ4v) is 3.57. The van der Waals surface area contributed by atoms with Gasteiger partial charge in [0.05, 0.1) is 5.69 Å². The number of nitrogens with one attached hydrogen (secondary N) is 2. The third-order valence-corrected chi connectivity index (χ3v) is 5.01. The molecule has 0 radical (unpaired) electrons. The van der Waals surface area contributed by atoms with E-state index in [9.17, 15) is 4.79 Å². The minimum absolute atomic E-state index is 0.119. The van der Waals surface area contributed by atoms with Crippen molar-refractivity contribution in [2.45, 2.75) is 6.92 Å². The van der Waals surface area contributed by atoms with E-state index in [-0.39, 0.29) is 5.91 Å². The number of rotatable bonds is 5. The molecule has 0 spiro atoms. The van der Waals surface area contributed by atoms with Crippen LogP contribution in [0.15, 0.2) is 84.2 Å². The van der Waals surface area contributed by atoms with Crippen molar-refractivity contribution in [1.29, 1.82) is 0 Å². The van der Waals surface area contributed by atoms with Gasteiger partial charge < -0.3 is 10.6 Å². The van der Waals surface area contributed by atoms with E-state index in [1.165, 1.54) is 5.56 Å². The largest absolute Gasteiger partial charge is 0.332 e. The fraction of sp³-hybridized carbons (Fsp3) is 0.0435. The Labute approximate surface area is 167 Å². The Morgan fingerprint density at radius 3 is 2.43 bits per heavy atom. The van der Waals surface area contributed by atoms with Gasteiger partial charge in [0.1, 0.15) is 0 Å². The summed E-state index contributed by atoms with van der Waals surface area (Å²) >= 11 is 1.57. The summed E-state index contributed by atoms with van der Waals surface area (Å²) in [7, 11) is 0. The summed E-state index contributed by atoms with van der Waals surface area (Å²) in [4.78, 5) is 16.9. The molecule has 1 heterocycles. The molecule has 1 amide bonds. The van der Waals surface area contributed by atoms with Crippen LogP contribution in [-0.4, -0.2) is 10.9 Å². The smallest absolute Gasteiger partial charge is 0.255 e. The second-order valence-electron chi connectivity index (χ2n) is 6.43. The lowest BCUT2D eigenvalue weighted by Gasteiger charge is -2.06. The van der Waals surface area contributed by atoms with Crippen molar-refractivity contribution in [3.63, 3.8) is 0 Å². The maximum atomic E-state index is 12.2. The third-order valence-electron chi connectivity index (χ3n) is 4.25. The van der Waals surface area contributed by atoms with E-state index >= 15 is 0 Å². The van der Waals surface area contributed by atoms with Crippen LogP contribution in [0.3, 0.4) is 0 Å². The SMILES string of the molecule is Cc1cccc(Nc2nc(-c3ccc(NC(=O)c4ccccc4)cc3)cs2)c1. The summed E-state index contributed by atoms with van der Waals surface area (Å²) in [6.07, 6.45) is 0. The number of carbonyl (C=O) groups excluding carboxylic acids is 1. The zero-order valence-electron chi connectivity index (χ0n) is 15.3. The first kappa shape index (κ1) is 17.9. The van der Waals surface area contributed by atoms with Crippen molar-refractivity contribution in [2.75, 3.05) is 10.6 Å². The molecule has 0 fully saturated rings. The molecule has 0 aliphatic heterocycles. The van der Waals surface area contributed by atoms with Gasteiger partial charge in [0.25, 0.3) is 5.91 Å². The predicted molar refractivity (Wildman–Crippen MR) is 116 cm³/mol. The number of aromatic nitrogens is 1. The zero-order valence-corrected chi connectivity index (χ0v) is 16.2. The number of carbonyl (C=O) groups is 1. The highest BCUT2D eigenvalue weighted by atomic mass is 32.1. The van der Waals surface area contributed by atoms with Gasteiger partial charge in [-0.3, -0.25) is 4.79 Å². The molecule has 5 heteroatoms. The van der Waals surface area contributed by atoms with Gasteiger partial charge in [0, 0.05) is 27.9 Å². The molecule has 2 N–H and O–H groups in total. The van der Waals surface area contributed by atoms with Crippen LogP contribution in [0.25, 0.3) is 11.3 Å². The highest BCUT2D eigenvalue weighted by molar-refractivity contribution is 7.14. The summed E-state index contributed by atoms with van der Waals surface area (Å²) < 4.78 is 0. The number of benzene rings is 3. The Kier molecular flexibility index (Phi) is 5.17. The van der Waals surface area contributed by atoms with E-state index in [1.807, 2.05) is 60.0 Å². The van der Waals surface area contributed by atoms with Gasteiger partial charge in [-0.15, -0.1) is 11.3 Å². The number of thiazole rings is 1. The van der Waals surface area contributed by atoms with Crippen molar-refractivity contribution in [3.05, 3.63) is 95.4 Å². The first-order chi connectivity index (χ1) is 13.7. The first-order valence-corrected chi connectivity index (χ1v) is 9.81. The van der Waals surface area contributed by atoms with Gasteiger partial charge >= 0.3 is 0 Å². The van der Waals surface area contributed by atoms with Crippen LogP contribution in [0.4, 0.5) is 16.5 Å². The summed E-state index contributed by atoms with van der Waals surface area (Å²) in [5.74, 6) is -0.119. The monoisotopic (exact) mass is 385 g/mol. The van der Waals surface area contributed by atoms with E-state index < -0.39 is 0 Å². The summed E-state index contributed by atoms with van der Waals surface area (Å²) in [6.45, 7) is 2.07. The average molecular weight is 385 g/mol. The number of hydrogen-bond acceptors (Lipinski definition) is 4. The van der Waals surface area contributed by atoms with Gasteiger partial charge in [0.2, 0.25) is 0 Å². The number of amides is 1. The second kappa shape index (κ2) is 8.06. The van der Waals surface area contributed by atoms with Gasteiger partial charge in [-0.25, -0.2) is 4.98 Å². The fourth-order valence-electron chi connectivity index (χ4n) is 2.83. The molecule has 0 saturated carbocycles. The van der Waals surface area contributed by atoms with Crippen LogP contribution in [0, 0.1) is 6.92 Å². The number of nitrogens with zero attached hydrogens (tertiary/aromatic N) is 1. The lowest BCUT2D eigenvalue weighted by atomic mass is 10.1. The highest BCUT2D eigenvalue weighted by Crippen LogP contribution is 2.28. The summed E-state index contributed by atoms with van der Waals surface area (Å²) in [6, 6.07) is 25.1. The predicted octanol–water partition coefficient (Wildman–Crippen LogP) is 6.11. The average Bonchev–Trinajstić information content (AvgIpc) is 3.18. The Hall–Kier alpha value is -3.44. The molecule has 4 rings (SSSR count). The maximum Gasteiger partial charge on any atom is 0.255 e. The standard InChI is InChI=1S/C23H19N3OS/c1-16-6-5-9-20(14-16)25-23-26-21(15-28-23)17-10-12-19(13-11-17)24-22(27)18-7-3-2-4-8-18/h2-15H,1H3,(H,24,27)(H,25,26). The van der Waals surface area contributed by atoms with Crippen molar-refractivity contribution >= 4 is 33.8 Å². The molecule has 4 aromatic rings. The lowest BCUT2D eigenvalue weighted by molar-refractivity contribution is 0.102. The molecule has 0 bridgehead atoms. The van der Waals surface area contributed by atoms with Crippen LogP contribution in [0.1, 0.15) is 15.9 Å². The van der Waals surface area contributed by atoms with Gasteiger partial charge in [0.15, 0.2) is 5.13 Å². The molecule has 138 valence electrons. The first-order valence-electron chi connectivity index (χ1n) is 8.93. The number of anilines is 3. The van der Waals surface area contributed by atoms with E-state index in [0.717, 1.165) is 27.8 Å². The molecular formula is C23H19N3OS. The van der Waals surface area contributed by atoms with E-state index in [0.29, 0.717) is 5.56 Å². The van der Waals surface area contributed by atoms with Crippen molar-refractivity contribution in [2.24, 2.45) is 0 Å². The van der Waals surface area contributed by atoms with Crippen LogP contribution >= 0.6 is 11.3 Å². The van der Waals surface area contributed by atoms with Crippen LogP contribution in [0.2, 0.25) is 0 Å². The van der Waals surface area contributed by atoms with Crippen LogP contribution in [-0.2, 0) is 0 Å². The van der Waals surface area contributed by atoms with Gasteiger partial charge in [-0.1, -0.05) is 42.5 Å². The maximum absolute atomic E-state index is 12.2. The Morgan fingerprint density at radius 1 is 0.893 bits per heavy atom. The van der Waals surface area contributed by atoms with E-state index in [2.05, 4.69) is 34.7 Å². The molecular weight excluding hydrogens is 366 g/mol. The number of hydrogen-bond donors (Lipinski definition) is 2. The Balaban J connectivity index is 1.44. The Bertz CT molecular complexity index is 1090. The van der Waals surface area contributed by atoms with E-state index in [1.54, 1.807) is 23.5 Å². The molecule has 0 aliphatic rings. The van der Waals surface area contributed by atoms with Crippen molar-refractivity contribution in [1.82, 2.24) is 4.98 Å². The van der Waals surface area contributed by atoms with Crippen LogP contribution in [0.5, 0.6) is 0 Å². The molecule has 0 saturated heterocycles. The minimum atomic E-state index is -0.119. The molecule has 0 atom stereocenters. The quantitative estimate of drug-likeness (QED) is 0.435. The van der Waals surface area contributed by atoms with Crippen molar-refractivity contribution in [3.8, 4) is 11.3 Å². The molecule has 3 aromatic carbocycles. The third kappa shape index (κ3) is 4.27. The van der Waals surface area contributed by atoms with Gasteiger partial charge in [-0.05, 0) is 48.9 Å².